The van der Waals surface area contributed by atoms with Crippen LogP contribution in [-0.4, -0.2) is 34.1 Å². The topological polar surface area (TPSA) is 89.9 Å². The van der Waals surface area contributed by atoms with Gasteiger partial charge in [0, 0.05) is 19.9 Å². The Morgan fingerprint density at radius 2 is 0.951 bits per heavy atom. The molecule has 0 fully saturated rings. The Bertz CT molecular complexity index is 1100. The summed E-state index contributed by atoms with van der Waals surface area (Å²) in [7, 11) is 1.59. The van der Waals surface area contributed by atoms with Gasteiger partial charge < -0.3 is 10.2 Å². The smallest absolute Gasteiger partial charge is 0.241 e. The molecule has 2 rings (SSSR count). The van der Waals surface area contributed by atoms with Crippen molar-refractivity contribution < 1.29 is 19.8 Å². The molecular formula is C35H54N2O4. The summed E-state index contributed by atoms with van der Waals surface area (Å²) in [4.78, 5) is 25.6. The van der Waals surface area contributed by atoms with Crippen molar-refractivity contribution >= 4 is 11.8 Å². The van der Waals surface area contributed by atoms with Crippen molar-refractivity contribution in [2.45, 2.75) is 107 Å². The molecule has 0 aromatic heterocycles. The molecule has 3 N–H and O–H groups in total. The number of nitrogens with one attached hydrogen (secondary N) is 1. The van der Waals surface area contributed by atoms with Crippen LogP contribution in [0.2, 0.25) is 0 Å². The predicted molar refractivity (Wildman–Crippen MR) is 168 cm³/mol. The van der Waals surface area contributed by atoms with E-state index >= 15 is 0 Å². The van der Waals surface area contributed by atoms with Gasteiger partial charge in [-0.25, -0.2) is 0 Å². The van der Waals surface area contributed by atoms with E-state index in [1.54, 1.807) is 7.05 Å². The maximum Gasteiger partial charge on any atom is 0.241 e. The second-order valence-corrected chi connectivity index (χ2v) is 13.4. The molecule has 0 spiro atoms. The van der Waals surface area contributed by atoms with Crippen LogP contribution in [0.4, 0.5) is 0 Å². The lowest BCUT2D eigenvalue weighted by Gasteiger charge is -2.20. The summed E-state index contributed by atoms with van der Waals surface area (Å²) in [5.74, 6) is 2.04. The number of amides is 2. The fourth-order valence-electron chi connectivity index (χ4n) is 5.32. The summed E-state index contributed by atoms with van der Waals surface area (Å²) >= 11 is 0. The minimum absolute atomic E-state index is 0.162. The SMILES string of the molecule is CC(C)Cc1cc(CCC(=O)NN(C)C(=O)CCc2cc(CC(C)C)c(O)c(CC(C)C)c2)cc(CC(C)C)c1O. The molecule has 0 aliphatic heterocycles. The van der Waals surface area contributed by atoms with Crippen LogP contribution >= 0.6 is 0 Å². The number of carbonyl (C=O) groups excluding carboxylic acids is 2. The Kier molecular flexibility index (Phi) is 13.2. The number of aryl methyl sites for hydroxylation is 2. The van der Waals surface area contributed by atoms with E-state index in [4.69, 9.17) is 0 Å². The lowest BCUT2D eigenvalue weighted by Crippen LogP contribution is -2.43. The van der Waals surface area contributed by atoms with Crippen LogP contribution in [-0.2, 0) is 48.1 Å². The maximum atomic E-state index is 12.9. The van der Waals surface area contributed by atoms with Crippen molar-refractivity contribution in [3.63, 3.8) is 0 Å². The molecule has 228 valence electrons. The van der Waals surface area contributed by atoms with Crippen molar-refractivity contribution in [2.75, 3.05) is 7.05 Å². The first-order chi connectivity index (χ1) is 19.2. The highest BCUT2D eigenvalue weighted by Gasteiger charge is 2.17. The van der Waals surface area contributed by atoms with E-state index in [0.29, 0.717) is 48.0 Å². The third kappa shape index (κ3) is 11.4. The van der Waals surface area contributed by atoms with Gasteiger partial charge in [0.15, 0.2) is 0 Å². The second-order valence-electron chi connectivity index (χ2n) is 13.4. The third-order valence-corrected chi connectivity index (χ3v) is 7.10. The van der Waals surface area contributed by atoms with E-state index in [1.807, 2.05) is 24.3 Å². The number of carbonyl (C=O) groups is 2. The molecule has 0 saturated carbocycles. The van der Waals surface area contributed by atoms with Gasteiger partial charge >= 0.3 is 0 Å². The predicted octanol–water partition coefficient (Wildman–Crippen LogP) is 6.95. The summed E-state index contributed by atoms with van der Waals surface area (Å²) in [6.45, 7) is 17.0. The molecule has 0 aliphatic carbocycles. The quantitative estimate of drug-likeness (QED) is 0.216. The van der Waals surface area contributed by atoms with Gasteiger partial charge in [0.05, 0.1) is 0 Å². The summed E-state index contributed by atoms with van der Waals surface area (Å²) < 4.78 is 0. The molecule has 0 saturated heterocycles. The number of nitrogens with zero attached hydrogens (tertiary/aromatic N) is 1. The highest BCUT2D eigenvalue weighted by Crippen LogP contribution is 2.31. The molecule has 2 aromatic carbocycles. The zero-order chi connectivity index (χ0) is 30.9. The van der Waals surface area contributed by atoms with Gasteiger partial charge in [-0.1, -0.05) is 79.7 Å². The molecule has 41 heavy (non-hydrogen) atoms. The number of aromatic hydroxyl groups is 2. The summed E-state index contributed by atoms with van der Waals surface area (Å²) in [5, 5.41) is 22.9. The summed E-state index contributed by atoms with van der Waals surface area (Å²) in [6, 6.07) is 8.06. The average Bonchev–Trinajstić information content (AvgIpc) is 2.85. The molecule has 0 aliphatic rings. The van der Waals surface area contributed by atoms with Crippen LogP contribution in [0.15, 0.2) is 24.3 Å². The molecule has 2 aromatic rings. The number of hydrogen-bond donors (Lipinski definition) is 3. The minimum atomic E-state index is -0.215. The van der Waals surface area contributed by atoms with Gasteiger partial charge in [0.2, 0.25) is 11.8 Å². The molecule has 0 bridgehead atoms. The van der Waals surface area contributed by atoms with E-state index < -0.39 is 0 Å². The fourth-order valence-corrected chi connectivity index (χ4v) is 5.32. The van der Waals surface area contributed by atoms with Crippen molar-refractivity contribution in [1.82, 2.24) is 10.4 Å². The fraction of sp³-hybridized carbons (Fsp3) is 0.600. The number of phenolic OH excluding ortho intramolecular Hbond substituents is 2. The van der Waals surface area contributed by atoms with E-state index in [1.165, 1.54) is 5.01 Å². The molecule has 0 unspecified atom stereocenters. The molecular weight excluding hydrogens is 512 g/mol. The number of hydrogen-bond acceptors (Lipinski definition) is 4. The average molecular weight is 567 g/mol. The number of rotatable bonds is 14. The van der Waals surface area contributed by atoms with Gasteiger partial charge in [0.1, 0.15) is 11.5 Å². The standard InChI is InChI=1S/C35H54N2O4/c1-22(2)14-28-18-26(19-29(34(28)40)15-23(3)4)10-12-32(38)36-37(9)33(39)13-11-27-20-30(16-24(5)6)35(41)31(21-27)17-25(7)8/h18-25,40-41H,10-17H2,1-9H3,(H,36,38). The first-order valence-corrected chi connectivity index (χ1v) is 15.4. The van der Waals surface area contributed by atoms with Crippen LogP contribution in [0.3, 0.4) is 0 Å². The van der Waals surface area contributed by atoms with Crippen molar-refractivity contribution in [2.24, 2.45) is 23.7 Å². The third-order valence-electron chi connectivity index (χ3n) is 7.10. The lowest BCUT2D eigenvalue weighted by molar-refractivity contribution is -0.139. The Morgan fingerprint density at radius 3 is 1.27 bits per heavy atom. The van der Waals surface area contributed by atoms with Gasteiger partial charge in [0.25, 0.3) is 0 Å². The zero-order valence-corrected chi connectivity index (χ0v) is 26.9. The van der Waals surface area contributed by atoms with Crippen molar-refractivity contribution in [1.29, 1.82) is 0 Å². The monoisotopic (exact) mass is 566 g/mol. The van der Waals surface area contributed by atoms with Gasteiger partial charge in [-0.15, -0.1) is 0 Å². The Labute approximate surface area is 248 Å². The highest BCUT2D eigenvalue weighted by molar-refractivity contribution is 5.82. The molecule has 0 atom stereocenters. The van der Waals surface area contributed by atoms with Crippen molar-refractivity contribution in [3.8, 4) is 11.5 Å². The number of phenols is 2. The van der Waals surface area contributed by atoms with Gasteiger partial charge in [-0.3, -0.25) is 20.0 Å². The van der Waals surface area contributed by atoms with Crippen LogP contribution in [0.1, 0.15) is 102 Å². The van der Waals surface area contributed by atoms with Gasteiger partial charge in [-0.05, 0) is 95.6 Å². The maximum absolute atomic E-state index is 12.9. The van der Waals surface area contributed by atoms with Crippen LogP contribution < -0.4 is 5.43 Å². The Balaban J connectivity index is 2.01. The normalized spacial score (nSPS) is 11.6. The number of hydrazine groups is 1. The van der Waals surface area contributed by atoms with Crippen molar-refractivity contribution in [3.05, 3.63) is 57.6 Å². The molecule has 2 amide bonds. The Hall–Kier alpha value is -3.02. The number of benzene rings is 2. The zero-order valence-electron chi connectivity index (χ0n) is 26.9. The van der Waals surface area contributed by atoms with Crippen LogP contribution in [0.25, 0.3) is 0 Å². The lowest BCUT2D eigenvalue weighted by atomic mass is 9.92. The minimum Gasteiger partial charge on any atom is -0.507 e. The van der Waals surface area contributed by atoms with E-state index in [2.05, 4.69) is 60.8 Å². The molecule has 6 heteroatoms. The summed E-state index contributed by atoms with van der Waals surface area (Å²) in [5.41, 5.74) is 8.53. The van der Waals surface area contributed by atoms with E-state index in [0.717, 1.165) is 59.1 Å². The second kappa shape index (κ2) is 15.8. The van der Waals surface area contributed by atoms with E-state index in [9.17, 15) is 19.8 Å². The largest absolute Gasteiger partial charge is 0.507 e. The van der Waals surface area contributed by atoms with Crippen LogP contribution in [0.5, 0.6) is 11.5 Å². The molecule has 0 radical (unpaired) electrons. The first kappa shape index (κ1) is 34.2. The highest BCUT2D eigenvalue weighted by atomic mass is 16.3. The first-order valence-electron chi connectivity index (χ1n) is 15.4. The van der Waals surface area contributed by atoms with Crippen LogP contribution in [0, 0.1) is 23.7 Å². The van der Waals surface area contributed by atoms with Gasteiger partial charge in [-0.2, -0.15) is 0 Å². The molecule has 6 nitrogen and oxygen atoms in total. The summed E-state index contributed by atoms with van der Waals surface area (Å²) in [6.07, 6.45) is 4.73. The van der Waals surface area contributed by atoms with E-state index in [-0.39, 0.29) is 24.7 Å². The molecule has 0 heterocycles. The Morgan fingerprint density at radius 1 is 0.634 bits per heavy atom.